The Hall–Kier alpha value is -2.46. The van der Waals surface area contributed by atoms with Crippen LogP contribution in [0.2, 0.25) is 0 Å². The molecule has 0 aromatic carbocycles. The molecule has 0 radical (unpaired) electrons. The van der Waals surface area contributed by atoms with Crippen molar-refractivity contribution in [1.82, 2.24) is 10.3 Å². The Labute approximate surface area is 145 Å². The van der Waals surface area contributed by atoms with E-state index in [1.165, 1.54) is 13.1 Å². The second kappa shape index (κ2) is 8.08. The van der Waals surface area contributed by atoms with Gasteiger partial charge in [-0.05, 0) is 34.1 Å². The number of nitrogen functional groups attached to an aromatic ring is 1. The van der Waals surface area contributed by atoms with Crippen molar-refractivity contribution in [2.75, 3.05) is 12.3 Å². The van der Waals surface area contributed by atoms with Crippen molar-refractivity contribution >= 4 is 17.6 Å². The van der Waals surface area contributed by atoms with Crippen LogP contribution in [-0.2, 0) is 4.74 Å². The molecule has 2 unspecified atom stereocenters. The summed E-state index contributed by atoms with van der Waals surface area (Å²) in [6.07, 6.45) is -2.12. The number of nitrogens with one attached hydrogen (secondary N) is 1. The number of aliphatic hydroxyl groups excluding tert-OH is 2. The number of nitro groups is 1. The van der Waals surface area contributed by atoms with E-state index >= 15 is 0 Å². The van der Waals surface area contributed by atoms with Crippen molar-refractivity contribution in [1.29, 1.82) is 0 Å². The smallest absolute Gasteiger partial charge is 0.407 e. The van der Waals surface area contributed by atoms with Crippen molar-refractivity contribution in [2.45, 2.75) is 51.9 Å². The predicted molar refractivity (Wildman–Crippen MR) is 89.9 cm³/mol. The van der Waals surface area contributed by atoms with Crippen LogP contribution in [0.3, 0.4) is 0 Å². The summed E-state index contributed by atoms with van der Waals surface area (Å²) in [6.45, 7) is 6.62. The third-order valence-electron chi connectivity index (χ3n) is 3.35. The summed E-state index contributed by atoms with van der Waals surface area (Å²) in [5.41, 5.74) is 4.65. The fourth-order valence-electron chi connectivity index (χ4n) is 2.16. The van der Waals surface area contributed by atoms with Crippen molar-refractivity contribution in [3.05, 3.63) is 27.4 Å². The van der Waals surface area contributed by atoms with Crippen molar-refractivity contribution in [2.24, 2.45) is 0 Å². The summed E-state index contributed by atoms with van der Waals surface area (Å²) in [6, 6.07) is 0. The van der Waals surface area contributed by atoms with Crippen LogP contribution < -0.4 is 11.1 Å². The number of anilines is 1. The standard InChI is InChI=1S/C15H24N4O6/c1-8-9(7-18-13(16)11(8)19(23)24)12(21)10(20)5-6-17-14(22)25-15(2,3)4/h7,10,12,20-21H,5-6H2,1-4H3,(H2,16,18)(H,17,22). The van der Waals surface area contributed by atoms with Gasteiger partial charge in [-0.2, -0.15) is 0 Å². The van der Waals surface area contributed by atoms with E-state index in [0.29, 0.717) is 0 Å². The van der Waals surface area contributed by atoms with Crippen LogP contribution in [0.4, 0.5) is 16.3 Å². The Balaban J connectivity index is 2.71. The number of rotatable bonds is 6. The summed E-state index contributed by atoms with van der Waals surface area (Å²) in [4.78, 5) is 25.5. The van der Waals surface area contributed by atoms with E-state index in [9.17, 15) is 25.1 Å². The van der Waals surface area contributed by atoms with Crippen molar-refractivity contribution < 1.29 is 24.7 Å². The molecule has 0 saturated carbocycles. The topological polar surface area (TPSA) is 161 Å². The van der Waals surface area contributed by atoms with E-state index in [4.69, 9.17) is 10.5 Å². The fraction of sp³-hybridized carbons (Fsp3) is 0.600. The molecule has 1 amide bonds. The Kier molecular flexibility index (Phi) is 6.65. The zero-order valence-electron chi connectivity index (χ0n) is 14.6. The molecule has 0 aliphatic rings. The molecule has 140 valence electrons. The molecular weight excluding hydrogens is 332 g/mol. The van der Waals surface area contributed by atoms with Crippen LogP contribution in [0.25, 0.3) is 0 Å². The lowest BCUT2D eigenvalue weighted by Crippen LogP contribution is -2.34. The molecule has 0 bridgehead atoms. The van der Waals surface area contributed by atoms with E-state index < -0.39 is 34.5 Å². The number of aromatic nitrogens is 1. The van der Waals surface area contributed by atoms with Gasteiger partial charge in [0.05, 0.1) is 11.0 Å². The van der Waals surface area contributed by atoms with Crippen molar-refractivity contribution in [3.63, 3.8) is 0 Å². The number of nitrogens with zero attached hydrogens (tertiary/aromatic N) is 2. The number of nitrogens with two attached hydrogens (primary N) is 1. The maximum atomic E-state index is 11.5. The Morgan fingerprint density at radius 3 is 2.60 bits per heavy atom. The number of carbonyl (C=O) groups is 1. The summed E-state index contributed by atoms with van der Waals surface area (Å²) in [5, 5.41) is 33.8. The molecule has 1 aromatic rings. The lowest BCUT2D eigenvalue weighted by Gasteiger charge is -2.22. The van der Waals surface area contributed by atoms with Gasteiger partial charge in [-0.25, -0.2) is 9.78 Å². The monoisotopic (exact) mass is 356 g/mol. The number of pyridine rings is 1. The number of alkyl carbamates (subject to hydrolysis) is 1. The molecule has 5 N–H and O–H groups in total. The van der Waals surface area contributed by atoms with Gasteiger partial charge in [0.15, 0.2) is 0 Å². The Morgan fingerprint density at radius 1 is 1.48 bits per heavy atom. The minimum Gasteiger partial charge on any atom is -0.444 e. The molecule has 2 atom stereocenters. The summed E-state index contributed by atoms with van der Waals surface area (Å²) in [5.74, 6) is -0.264. The van der Waals surface area contributed by atoms with Gasteiger partial charge in [0.2, 0.25) is 5.82 Å². The highest BCUT2D eigenvalue weighted by molar-refractivity contribution is 5.67. The highest BCUT2D eigenvalue weighted by atomic mass is 16.6. The zero-order chi connectivity index (χ0) is 19.4. The maximum Gasteiger partial charge on any atom is 0.407 e. The highest BCUT2D eigenvalue weighted by Crippen LogP contribution is 2.31. The average molecular weight is 356 g/mol. The van der Waals surface area contributed by atoms with Crippen LogP contribution in [0.1, 0.15) is 44.4 Å². The van der Waals surface area contributed by atoms with Gasteiger partial charge in [0.25, 0.3) is 0 Å². The second-order valence-electron chi connectivity index (χ2n) is 6.56. The number of amides is 1. The minimum atomic E-state index is -1.41. The first-order valence-corrected chi connectivity index (χ1v) is 7.66. The molecule has 1 rings (SSSR count). The molecule has 0 aliphatic carbocycles. The first-order valence-electron chi connectivity index (χ1n) is 7.66. The van der Waals surface area contributed by atoms with Crippen LogP contribution in [-0.4, -0.2) is 44.5 Å². The number of carbonyl (C=O) groups excluding carboxylic acids is 1. The first-order chi connectivity index (χ1) is 11.4. The molecule has 0 spiro atoms. The van der Waals surface area contributed by atoms with Gasteiger partial charge >= 0.3 is 11.8 Å². The molecule has 1 heterocycles. The quantitative estimate of drug-likeness (QED) is 0.436. The van der Waals surface area contributed by atoms with E-state index in [1.807, 2.05) is 0 Å². The second-order valence-corrected chi connectivity index (χ2v) is 6.56. The lowest BCUT2D eigenvalue weighted by atomic mass is 9.98. The van der Waals surface area contributed by atoms with Crippen LogP contribution in [0.5, 0.6) is 0 Å². The van der Waals surface area contributed by atoms with Gasteiger partial charge in [-0.1, -0.05) is 0 Å². The molecule has 0 saturated heterocycles. The Morgan fingerprint density at radius 2 is 2.08 bits per heavy atom. The highest BCUT2D eigenvalue weighted by Gasteiger charge is 2.27. The van der Waals surface area contributed by atoms with Gasteiger partial charge < -0.3 is 26.0 Å². The molecular formula is C15H24N4O6. The number of ether oxygens (including phenoxy) is 1. The van der Waals surface area contributed by atoms with Crippen LogP contribution in [0, 0.1) is 17.0 Å². The maximum absolute atomic E-state index is 11.5. The average Bonchev–Trinajstić information content (AvgIpc) is 2.44. The van der Waals surface area contributed by atoms with Gasteiger partial charge in [0.1, 0.15) is 11.7 Å². The largest absolute Gasteiger partial charge is 0.444 e. The molecule has 0 aliphatic heterocycles. The molecule has 10 nitrogen and oxygen atoms in total. The van der Waals surface area contributed by atoms with Crippen LogP contribution in [0.15, 0.2) is 6.20 Å². The lowest BCUT2D eigenvalue weighted by molar-refractivity contribution is -0.384. The van der Waals surface area contributed by atoms with E-state index in [2.05, 4.69) is 10.3 Å². The van der Waals surface area contributed by atoms with Gasteiger partial charge in [-0.3, -0.25) is 10.1 Å². The summed E-state index contributed by atoms with van der Waals surface area (Å²) < 4.78 is 5.05. The third kappa shape index (κ3) is 5.84. The van der Waals surface area contributed by atoms with E-state index in [-0.39, 0.29) is 29.9 Å². The van der Waals surface area contributed by atoms with E-state index in [0.717, 1.165) is 0 Å². The molecule has 0 fully saturated rings. The molecule has 25 heavy (non-hydrogen) atoms. The van der Waals surface area contributed by atoms with Crippen LogP contribution >= 0.6 is 0 Å². The normalized spacial score (nSPS) is 13.8. The minimum absolute atomic E-state index is 0.0119. The predicted octanol–water partition coefficient (Wildman–Crippen LogP) is 1.19. The Bertz CT molecular complexity index is 644. The summed E-state index contributed by atoms with van der Waals surface area (Å²) >= 11 is 0. The number of aliphatic hydroxyl groups is 2. The van der Waals surface area contributed by atoms with Gasteiger partial charge in [-0.15, -0.1) is 0 Å². The third-order valence-corrected chi connectivity index (χ3v) is 3.35. The fourth-order valence-corrected chi connectivity index (χ4v) is 2.16. The molecule has 1 aromatic heterocycles. The SMILES string of the molecule is Cc1c(C(O)C(O)CCNC(=O)OC(C)(C)C)cnc(N)c1[N+](=O)[O-]. The molecule has 10 heteroatoms. The van der Waals surface area contributed by atoms with Crippen molar-refractivity contribution in [3.8, 4) is 0 Å². The number of hydrogen-bond donors (Lipinski definition) is 4. The van der Waals surface area contributed by atoms with Gasteiger partial charge in [0, 0.05) is 23.9 Å². The number of hydrogen-bond acceptors (Lipinski definition) is 8. The van der Waals surface area contributed by atoms with E-state index in [1.54, 1.807) is 20.8 Å². The summed E-state index contributed by atoms with van der Waals surface area (Å²) in [7, 11) is 0. The zero-order valence-corrected chi connectivity index (χ0v) is 14.6. The first kappa shape index (κ1) is 20.6.